The van der Waals surface area contributed by atoms with Crippen LogP contribution >= 0.6 is 11.3 Å². The highest BCUT2D eigenvalue weighted by atomic mass is 32.2. The van der Waals surface area contributed by atoms with E-state index in [1.165, 1.54) is 11.3 Å². The summed E-state index contributed by atoms with van der Waals surface area (Å²) in [6.45, 7) is 3.76. The molecule has 138 valence electrons. The number of hydrogen-bond acceptors (Lipinski definition) is 6. The summed E-state index contributed by atoms with van der Waals surface area (Å²) in [7, 11) is -3.57. The number of aromatic nitrogens is 1. The predicted molar refractivity (Wildman–Crippen MR) is 101 cm³/mol. The zero-order valence-corrected chi connectivity index (χ0v) is 16.1. The van der Waals surface area contributed by atoms with Crippen LogP contribution in [0, 0.1) is 6.92 Å². The van der Waals surface area contributed by atoms with Gasteiger partial charge in [0, 0.05) is 28.8 Å². The molecule has 3 rings (SSSR count). The van der Waals surface area contributed by atoms with Gasteiger partial charge in [-0.15, -0.1) is 11.3 Å². The quantitative estimate of drug-likeness (QED) is 0.644. The number of sulfonamides is 1. The van der Waals surface area contributed by atoms with Crippen molar-refractivity contribution in [2.75, 3.05) is 6.54 Å². The molecule has 2 heterocycles. The molecule has 2 aromatic heterocycles. The molecule has 0 amide bonds. The summed E-state index contributed by atoms with van der Waals surface area (Å²) in [4.78, 5) is 6.33. The maximum Gasteiger partial charge on any atom is 0.240 e. The van der Waals surface area contributed by atoms with Gasteiger partial charge >= 0.3 is 0 Å². The van der Waals surface area contributed by atoms with Gasteiger partial charge in [0.1, 0.15) is 12.0 Å². The molecule has 26 heavy (non-hydrogen) atoms. The first kappa shape index (κ1) is 18.8. The van der Waals surface area contributed by atoms with Crippen molar-refractivity contribution in [3.8, 4) is 11.3 Å². The van der Waals surface area contributed by atoms with Crippen molar-refractivity contribution in [1.82, 2.24) is 9.71 Å². The first-order valence-corrected chi connectivity index (χ1v) is 10.4. The van der Waals surface area contributed by atoms with Crippen LogP contribution in [-0.4, -0.2) is 25.1 Å². The minimum absolute atomic E-state index is 0.206. The van der Waals surface area contributed by atoms with Crippen LogP contribution in [0.15, 0.2) is 52.0 Å². The lowest BCUT2D eigenvalue weighted by Crippen LogP contribution is -2.25. The number of thiophene rings is 1. The number of aliphatic hydroxyl groups excluding tert-OH is 1. The summed E-state index contributed by atoms with van der Waals surface area (Å²) in [6, 6.07) is 10.3. The molecule has 0 fully saturated rings. The Balaban J connectivity index is 1.62. The molecule has 1 atom stereocenters. The van der Waals surface area contributed by atoms with Crippen LogP contribution in [0.4, 0.5) is 0 Å². The summed E-state index contributed by atoms with van der Waals surface area (Å²) in [6.07, 6.45) is 1.62. The Hall–Kier alpha value is -2.00. The van der Waals surface area contributed by atoms with Gasteiger partial charge in [0.2, 0.25) is 10.0 Å². The molecule has 0 unspecified atom stereocenters. The highest BCUT2D eigenvalue weighted by molar-refractivity contribution is 7.89. The topological polar surface area (TPSA) is 92.4 Å². The van der Waals surface area contributed by atoms with Gasteiger partial charge in [0.05, 0.1) is 11.0 Å². The van der Waals surface area contributed by atoms with Crippen LogP contribution in [0.5, 0.6) is 0 Å². The second-order valence-electron chi connectivity index (χ2n) is 5.90. The molecule has 6 nitrogen and oxygen atoms in total. The molecule has 0 aliphatic heterocycles. The van der Waals surface area contributed by atoms with Gasteiger partial charge in [-0.1, -0.05) is 12.1 Å². The van der Waals surface area contributed by atoms with E-state index >= 15 is 0 Å². The lowest BCUT2D eigenvalue weighted by Gasteiger charge is -2.07. The molecule has 0 aliphatic carbocycles. The van der Waals surface area contributed by atoms with E-state index in [0.717, 1.165) is 15.3 Å². The monoisotopic (exact) mass is 392 g/mol. The maximum absolute atomic E-state index is 12.4. The zero-order valence-electron chi connectivity index (χ0n) is 14.5. The van der Waals surface area contributed by atoms with Gasteiger partial charge in [0.25, 0.3) is 0 Å². The van der Waals surface area contributed by atoms with E-state index in [4.69, 9.17) is 4.42 Å². The molecular formula is C18H20N2O4S2. The number of hydrogen-bond donors (Lipinski definition) is 2. The van der Waals surface area contributed by atoms with Crippen LogP contribution in [0.3, 0.4) is 0 Å². The van der Waals surface area contributed by atoms with E-state index in [1.807, 2.05) is 12.1 Å². The number of nitrogens with one attached hydrogen (secondary N) is 1. The first-order chi connectivity index (χ1) is 12.3. The van der Waals surface area contributed by atoms with Crippen LogP contribution < -0.4 is 4.72 Å². The molecule has 0 bridgehead atoms. The van der Waals surface area contributed by atoms with Crippen LogP contribution in [0.2, 0.25) is 0 Å². The van der Waals surface area contributed by atoms with Crippen molar-refractivity contribution < 1.29 is 17.9 Å². The molecule has 0 spiro atoms. The number of oxazole rings is 1. The third kappa shape index (κ3) is 4.39. The predicted octanol–water partition coefficient (Wildman–Crippen LogP) is 3.29. The second kappa shape index (κ2) is 7.71. The van der Waals surface area contributed by atoms with Gasteiger partial charge in [-0.3, -0.25) is 0 Å². The average Bonchev–Trinajstić information content (AvgIpc) is 3.24. The van der Waals surface area contributed by atoms with Gasteiger partial charge in [-0.25, -0.2) is 18.1 Å². The third-order valence-electron chi connectivity index (χ3n) is 3.84. The fourth-order valence-corrected chi connectivity index (χ4v) is 4.43. The van der Waals surface area contributed by atoms with Crippen molar-refractivity contribution in [2.24, 2.45) is 0 Å². The fraction of sp³-hybridized carbons (Fsp3) is 0.278. The van der Waals surface area contributed by atoms with Crippen molar-refractivity contribution in [2.45, 2.75) is 31.3 Å². The number of aryl methyl sites for hydroxylation is 1. The van der Waals surface area contributed by atoms with Crippen molar-refractivity contribution in [1.29, 1.82) is 0 Å². The number of benzene rings is 1. The van der Waals surface area contributed by atoms with E-state index < -0.39 is 16.1 Å². The molecule has 0 saturated carbocycles. The molecule has 8 heteroatoms. The zero-order chi connectivity index (χ0) is 18.7. The molecule has 0 aliphatic rings. The Kier molecular flexibility index (Phi) is 5.57. The third-order valence-corrected chi connectivity index (χ3v) is 6.63. The van der Waals surface area contributed by atoms with E-state index in [1.54, 1.807) is 44.4 Å². The largest absolute Gasteiger partial charge is 0.449 e. The molecule has 3 aromatic rings. The van der Waals surface area contributed by atoms with Crippen molar-refractivity contribution in [3.63, 3.8) is 0 Å². The van der Waals surface area contributed by atoms with E-state index in [-0.39, 0.29) is 4.90 Å². The summed E-state index contributed by atoms with van der Waals surface area (Å²) >= 11 is 1.49. The van der Waals surface area contributed by atoms with Gasteiger partial charge in [0.15, 0.2) is 5.89 Å². The van der Waals surface area contributed by atoms with Crippen LogP contribution in [-0.2, 0) is 16.4 Å². The summed E-state index contributed by atoms with van der Waals surface area (Å²) < 4.78 is 32.6. The van der Waals surface area contributed by atoms with Crippen LogP contribution in [0.25, 0.3) is 11.3 Å². The van der Waals surface area contributed by atoms with Crippen molar-refractivity contribution >= 4 is 21.4 Å². The Bertz CT molecular complexity index is 973. The Morgan fingerprint density at radius 2 is 1.96 bits per heavy atom. The van der Waals surface area contributed by atoms with E-state index in [0.29, 0.717) is 24.6 Å². The van der Waals surface area contributed by atoms with Gasteiger partial charge in [-0.05, 0) is 37.6 Å². The standard InChI is InChI=1S/C18H20N2O4S2/c1-12(21)18-8-5-15(25-18)9-10-19-26(22,23)16-6-3-14(4-7-16)17-11-24-13(2)20-17/h3-8,11-12,19,21H,9-10H2,1-2H3/t12-/m0/s1. The van der Waals surface area contributed by atoms with E-state index in [2.05, 4.69) is 9.71 Å². The smallest absolute Gasteiger partial charge is 0.240 e. The number of rotatable bonds is 7. The molecule has 0 radical (unpaired) electrons. The molecular weight excluding hydrogens is 372 g/mol. The maximum atomic E-state index is 12.4. The summed E-state index contributed by atoms with van der Waals surface area (Å²) in [5.74, 6) is 0.561. The highest BCUT2D eigenvalue weighted by Gasteiger charge is 2.14. The van der Waals surface area contributed by atoms with Crippen molar-refractivity contribution in [3.05, 3.63) is 58.3 Å². The number of aliphatic hydroxyl groups is 1. The molecule has 1 aromatic carbocycles. The van der Waals surface area contributed by atoms with Gasteiger partial charge in [-0.2, -0.15) is 0 Å². The molecule has 2 N–H and O–H groups in total. The lowest BCUT2D eigenvalue weighted by atomic mass is 10.2. The Morgan fingerprint density at radius 3 is 2.54 bits per heavy atom. The second-order valence-corrected chi connectivity index (χ2v) is 8.87. The number of nitrogens with zero attached hydrogens (tertiary/aromatic N) is 1. The Morgan fingerprint density at radius 1 is 1.23 bits per heavy atom. The molecule has 0 saturated heterocycles. The fourth-order valence-electron chi connectivity index (χ4n) is 2.45. The summed E-state index contributed by atoms with van der Waals surface area (Å²) in [5.41, 5.74) is 1.47. The lowest BCUT2D eigenvalue weighted by molar-refractivity contribution is 0.203. The average molecular weight is 393 g/mol. The normalized spacial score (nSPS) is 13.0. The minimum atomic E-state index is -3.57. The van der Waals surface area contributed by atoms with Gasteiger partial charge < -0.3 is 9.52 Å². The Labute approximate surface area is 156 Å². The van der Waals surface area contributed by atoms with Crippen LogP contribution in [0.1, 0.15) is 28.7 Å². The summed E-state index contributed by atoms with van der Waals surface area (Å²) in [5, 5.41) is 9.54. The van der Waals surface area contributed by atoms with E-state index in [9.17, 15) is 13.5 Å². The minimum Gasteiger partial charge on any atom is -0.449 e. The highest BCUT2D eigenvalue weighted by Crippen LogP contribution is 2.23. The SMILES string of the molecule is Cc1nc(-c2ccc(S(=O)(=O)NCCc3ccc([C@H](C)O)s3)cc2)co1. The first-order valence-electron chi connectivity index (χ1n) is 8.14.